The van der Waals surface area contributed by atoms with Crippen LogP contribution in [0.1, 0.15) is 36.6 Å². The second kappa shape index (κ2) is 7.69. The van der Waals surface area contributed by atoms with Crippen LogP contribution < -0.4 is 4.90 Å². The van der Waals surface area contributed by atoms with Crippen molar-refractivity contribution >= 4 is 29.1 Å². The summed E-state index contributed by atoms with van der Waals surface area (Å²) in [5.41, 5.74) is 2.46. The number of rotatable bonds is 5. The maximum atomic E-state index is 12.9. The van der Waals surface area contributed by atoms with E-state index in [2.05, 4.69) is 23.4 Å². The summed E-state index contributed by atoms with van der Waals surface area (Å²) in [4.78, 5) is 42.1. The molecule has 0 saturated carbocycles. The van der Waals surface area contributed by atoms with Gasteiger partial charge in [-0.2, -0.15) is 11.3 Å². The summed E-state index contributed by atoms with van der Waals surface area (Å²) in [6.07, 6.45) is 1.52. The van der Waals surface area contributed by atoms with Crippen molar-refractivity contribution in [3.63, 3.8) is 0 Å². The van der Waals surface area contributed by atoms with Crippen molar-refractivity contribution in [2.75, 3.05) is 32.7 Å². The Bertz CT molecular complexity index is 930. The van der Waals surface area contributed by atoms with E-state index in [-0.39, 0.29) is 24.3 Å². The lowest BCUT2D eigenvalue weighted by molar-refractivity contribution is -0.917. The molecular weight excluding hydrogens is 374 g/mol. The number of nitrogens with one attached hydrogen (secondary N) is 1. The van der Waals surface area contributed by atoms with Crippen LogP contribution in [-0.2, 0) is 6.54 Å². The first-order valence-corrected chi connectivity index (χ1v) is 10.3. The smallest absolute Gasteiger partial charge is 0.261 e. The number of amides is 3. The van der Waals surface area contributed by atoms with Gasteiger partial charge in [-0.15, -0.1) is 6.58 Å². The Labute approximate surface area is 167 Å². The van der Waals surface area contributed by atoms with Crippen LogP contribution in [0.25, 0.3) is 0 Å². The molecule has 2 aromatic rings. The van der Waals surface area contributed by atoms with Crippen LogP contribution in [0.3, 0.4) is 0 Å². The summed E-state index contributed by atoms with van der Waals surface area (Å²) in [5.74, 6) is -0.774. The van der Waals surface area contributed by atoms with E-state index in [0.29, 0.717) is 29.8 Å². The molecule has 3 amide bonds. The number of fused-ring (bicyclic) bond motifs is 1. The second-order valence-electron chi connectivity index (χ2n) is 7.12. The molecular formula is C21H22N3O3S+. The fraction of sp³-hybridized carbons (Fsp3) is 0.286. The number of benzene rings is 1. The first-order valence-electron chi connectivity index (χ1n) is 9.33. The molecule has 0 spiro atoms. The van der Waals surface area contributed by atoms with Gasteiger partial charge in [0.25, 0.3) is 17.7 Å². The van der Waals surface area contributed by atoms with Crippen molar-refractivity contribution < 1.29 is 19.3 Å². The summed E-state index contributed by atoms with van der Waals surface area (Å²) in [5, 5.41) is 4.26. The van der Waals surface area contributed by atoms with Crippen LogP contribution in [0.5, 0.6) is 0 Å². The average molecular weight is 396 g/mol. The minimum absolute atomic E-state index is 0.0835. The number of carbonyl (C=O) groups excluding carboxylic acids is 3. The molecule has 28 heavy (non-hydrogen) atoms. The summed E-state index contributed by atoms with van der Waals surface area (Å²) >= 11 is 1.71. The predicted octanol–water partition coefficient (Wildman–Crippen LogP) is 1.07. The van der Waals surface area contributed by atoms with E-state index >= 15 is 0 Å². The fourth-order valence-corrected chi connectivity index (χ4v) is 4.45. The Morgan fingerprint density at radius 2 is 1.89 bits per heavy atom. The monoisotopic (exact) mass is 396 g/mol. The molecule has 2 aliphatic rings. The molecule has 1 saturated heterocycles. The Kier molecular flexibility index (Phi) is 5.11. The van der Waals surface area contributed by atoms with Gasteiger partial charge in [0.2, 0.25) is 0 Å². The number of hydrogen-bond acceptors (Lipinski definition) is 4. The van der Waals surface area contributed by atoms with E-state index in [1.165, 1.54) is 16.5 Å². The van der Waals surface area contributed by atoms with Crippen LogP contribution in [-0.4, -0.2) is 60.2 Å². The summed E-state index contributed by atoms with van der Waals surface area (Å²) in [7, 11) is 0. The minimum Gasteiger partial charge on any atom is -0.328 e. The van der Waals surface area contributed by atoms with E-state index < -0.39 is 0 Å². The third kappa shape index (κ3) is 3.39. The van der Waals surface area contributed by atoms with E-state index in [1.807, 2.05) is 4.90 Å². The second-order valence-corrected chi connectivity index (χ2v) is 7.90. The van der Waals surface area contributed by atoms with Gasteiger partial charge in [0.1, 0.15) is 6.54 Å². The summed E-state index contributed by atoms with van der Waals surface area (Å²) in [6, 6.07) is 6.94. The number of piperazine rings is 1. The zero-order chi connectivity index (χ0) is 19.7. The number of quaternary nitrogens is 1. The van der Waals surface area contributed by atoms with Gasteiger partial charge in [0.15, 0.2) is 0 Å². The van der Waals surface area contributed by atoms with Gasteiger partial charge < -0.3 is 9.80 Å². The normalized spacial score (nSPS) is 17.1. The third-order valence-electron chi connectivity index (χ3n) is 5.32. The van der Waals surface area contributed by atoms with Crippen molar-refractivity contribution in [3.8, 4) is 0 Å². The molecule has 6 nitrogen and oxygen atoms in total. The number of hydrogen-bond donors (Lipinski definition) is 1. The molecule has 0 aliphatic carbocycles. The number of nitrogens with zero attached hydrogens (tertiary/aromatic N) is 2. The highest BCUT2D eigenvalue weighted by Crippen LogP contribution is 2.24. The summed E-state index contributed by atoms with van der Waals surface area (Å²) in [6.45, 7) is 7.91. The first kappa shape index (κ1) is 18.6. The largest absolute Gasteiger partial charge is 0.328 e. The maximum Gasteiger partial charge on any atom is 0.261 e. The van der Waals surface area contributed by atoms with Crippen molar-refractivity contribution in [2.24, 2.45) is 0 Å². The van der Waals surface area contributed by atoms with Gasteiger partial charge in [-0.3, -0.25) is 19.3 Å². The van der Waals surface area contributed by atoms with Crippen molar-refractivity contribution in [2.45, 2.75) is 6.54 Å². The topological polar surface area (TPSA) is 62.1 Å². The molecule has 0 radical (unpaired) electrons. The number of thiophene rings is 1. The van der Waals surface area contributed by atoms with E-state index in [9.17, 15) is 14.4 Å². The average Bonchev–Trinajstić information content (AvgIpc) is 3.31. The lowest BCUT2D eigenvalue weighted by Gasteiger charge is -2.32. The van der Waals surface area contributed by atoms with Crippen LogP contribution in [0.15, 0.2) is 47.7 Å². The first-order chi connectivity index (χ1) is 13.6. The SMILES string of the molecule is C=CCN1C(=O)c2ccc(C(=O)N3CC[NH+](Cc4ccsc4)CC3)cc2C1=O. The van der Waals surface area contributed by atoms with Crippen LogP contribution in [0.2, 0.25) is 0 Å². The number of imide groups is 1. The van der Waals surface area contributed by atoms with E-state index in [4.69, 9.17) is 0 Å². The Balaban J connectivity index is 1.43. The van der Waals surface area contributed by atoms with Crippen LogP contribution in [0.4, 0.5) is 0 Å². The molecule has 1 N–H and O–H groups in total. The molecule has 0 bridgehead atoms. The highest BCUT2D eigenvalue weighted by Gasteiger charge is 2.35. The molecule has 1 fully saturated rings. The van der Waals surface area contributed by atoms with Crippen LogP contribution >= 0.6 is 11.3 Å². The zero-order valence-corrected chi connectivity index (χ0v) is 16.3. The molecule has 1 aromatic carbocycles. The van der Waals surface area contributed by atoms with Crippen molar-refractivity contribution in [1.82, 2.24) is 9.80 Å². The van der Waals surface area contributed by atoms with Crippen molar-refractivity contribution in [3.05, 3.63) is 69.9 Å². The van der Waals surface area contributed by atoms with Gasteiger partial charge in [-0.1, -0.05) is 6.08 Å². The van der Waals surface area contributed by atoms with Gasteiger partial charge in [-0.05, 0) is 35.0 Å². The molecule has 3 heterocycles. The predicted molar refractivity (Wildman–Crippen MR) is 107 cm³/mol. The highest BCUT2D eigenvalue weighted by atomic mass is 32.1. The molecule has 2 aliphatic heterocycles. The zero-order valence-electron chi connectivity index (χ0n) is 15.5. The molecule has 144 valence electrons. The van der Waals surface area contributed by atoms with Gasteiger partial charge in [0, 0.05) is 17.7 Å². The maximum absolute atomic E-state index is 12.9. The molecule has 4 rings (SSSR count). The van der Waals surface area contributed by atoms with Gasteiger partial charge >= 0.3 is 0 Å². The van der Waals surface area contributed by atoms with Gasteiger partial charge in [0.05, 0.1) is 37.3 Å². The Morgan fingerprint density at radius 1 is 1.14 bits per heavy atom. The van der Waals surface area contributed by atoms with Crippen LogP contribution in [0, 0.1) is 0 Å². The Hall–Kier alpha value is -2.77. The van der Waals surface area contributed by atoms with E-state index in [0.717, 1.165) is 24.5 Å². The quantitative estimate of drug-likeness (QED) is 0.608. The molecule has 0 atom stereocenters. The Morgan fingerprint density at radius 3 is 2.57 bits per heavy atom. The fourth-order valence-electron chi connectivity index (χ4n) is 3.79. The minimum atomic E-state index is -0.362. The molecule has 0 unspecified atom stereocenters. The van der Waals surface area contributed by atoms with E-state index in [1.54, 1.807) is 29.5 Å². The third-order valence-corrected chi connectivity index (χ3v) is 6.05. The lowest BCUT2D eigenvalue weighted by atomic mass is 10.0. The highest BCUT2D eigenvalue weighted by molar-refractivity contribution is 7.07. The standard InChI is InChI=1S/C21H21N3O3S/c1-2-6-24-20(26)17-4-3-16(12-18(17)21(24)27)19(25)23-9-7-22(8-10-23)13-15-5-11-28-14-15/h2-5,11-12,14H,1,6-10,13H2/p+1. The number of carbonyl (C=O) groups is 3. The molecule has 1 aromatic heterocycles. The van der Waals surface area contributed by atoms with Gasteiger partial charge in [-0.25, -0.2) is 0 Å². The van der Waals surface area contributed by atoms with Crippen molar-refractivity contribution in [1.29, 1.82) is 0 Å². The molecule has 7 heteroatoms. The summed E-state index contributed by atoms with van der Waals surface area (Å²) < 4.78 is 0. The lowest BCUT2D eigenvalue weighted by Crippen LogP contribution is -3.13.